The second kappa shape index (κ2) is 5.60. The van der Waals surface area contributed by atoms with Crippen molar-refractivity contribution in [1.82, 2.24) is 9.61 Å². The van der Waals surface area contributed by atoms with Gasteiger partial charge in [-0.15, -0.1) is 0 Å². The number of hydrogen-bond acceptors (Lipinski definition) is 5. The molecular formula is C17H23BN2O4. The lowest BCUT2D eigenvalue weighted by atomic mass is 9.76. The first-order chi connectivity index (χ1) is 11.2. The van der Waals surface area contributed by atoms with Gasteiger partial charge in [-0.1, -0.05) is 0 Å². The van der Waals surface area contributed by atoms with Crippen LogP contribution in [0, 0.1) is 6.92 Å². The average Bonchev–Trinajstić information content (AvgIpc) is 2.98. The minimum Gasteiger partial charge on any atom is -0.469 e. The third-order valence-electron chi connectivity index (χ3n) is 5.12. The van der Waals surface area contributed by atoms with Crippen LogP contribution in [-0.4, -0.2) is 41.0 Å². The molecule has 3 rings (SSSR count). The zero-order valence-corrected chi connectivity index (χ0v) is 15.0. The van der Waals surface area contributed by atoms with Gasteiger partial charge >= 0.3 is 13.1 Å². The Morgan fingerprint density at radius 2 is 1.92 bits per heavy atom. The first kappa shape index (κ1) is 17.0. The molecular weight excluding hydrogens is 307 g/mol. The van der Waals surface area contributed by atoms with Gasteiger partial charge in [0.1, 0.15) is 0 Å². The lowest BCUT2D eigenvalue weighted by Crippen LogP contribution is -2.41. The van der Waals surface area contributed by atoms with Crippen molar-refractivity contribution in [2.24, 2.45) is 0 Å². The summed E-state index contributed by atoms with van der Waals surface area (Å²) in [5, 5.41) is 4.32. The third-order valence-corrected chi connectivity index (χ3v) is 5.12. The van der Waals surface area contributed by atoms with Gasteiger partial charge in [-0.2, -0.15) is 5.10 Å². The van der Waals surface area contributed by atoms with Crippen molar-refractivity contribution in [1.29, 1.82) is 0 Å². The summed E-state index contributed by atoms with van der Waals surface area (Å²) in [7, 11) is 0.942. The van der Waals surface area contributed by atoms with Gasteiger partial charge < -0.3 is 14.0 Å². The Hall–Kier alpha value is -1.86. The maximum Gasteiger partial charge on any atom is 0.495 e. The van der Waals surface area contributed by atoms with Crippen molar-refractivity contribution in [3.05, 3.63) is 29.6 Å². The average molecular weight is 330 g/mol. The normalized spacial score (nSPS) is 19.0. The summed E-state index contributed by atoms with van der Waals surface area (Å²) in [6, 6.07) is 1.96. The topological polar surface area (TPSA) is 62.1 Å². The second-order valence-electron chi connectivity index (χ2n) is 7.20. The number of aromatic nitrogens is 2. The van der Waals surface area contributed by atoms with Crippen molar-refractivity contribution in [3.8, 4) is 0 Å². The number of rotatable bonds is 3. The fraction of sp³-hybridized carbons (Fsp3) is 0.529. The number of carbonyl (C=O) groups excluding carboxylic acids is 1. The molecule has 0 aliphatic carbocycles. The Balaban J connectivity index is 2.03. The number of hydrogen-bond donors (Lipinski definition) is 0. The summed E-state index contributed by atoms with van der Waals surface area (Å²) in [4.78, 5) is 11.6. The standard InChI is InChI=1S/C17H23BN2O4/c1-11-13(18-23-16(2,3)17(4,5)24-18)7-8-20-15(11)12(10-19-20)9-14(21)22-6/h7-8,10H,9H2,1-6H3. The van der Waals surface area contributed by atoms with Crippen molar-refractivity contribution in [2.45, 2.75) is 52.2 Å². The molecule has 6 nitrogen and oxygen atoms in total. The second-order valence-corrected chi connectivity index (χ2v) is 7.20. The minimum absolute atomic E-state index is 0.188. The number of ether oxygens (including phenoxy) is 1. The van der Waals surface area contributed by atoms with Gasteiger partial charge in [0.25, 0.3) is 0 Å². The van der Waals surface area contributed by atoms with Gasteiger partial charge in [-0.05, 0) is 51.7 Å². The summed E-state index contributed by atoms with van der Waals surface area (Å²) in [6.07, 6.45) is 3.75. The van der Waals surface area contributed by atoms with Gasteiger partial charge in [0.05, 0.1) is 36.4 Å². The molecule has 0 N–H and O–H groups in total. The molecule has 3 heterocycles. The van der Waals surface area contributed by atoms with Crippen LogP contribution in [0.2, 0.25) is 0 Å². The molecule has 7 heteroatoms. The van der Waals surface area contributed by atoms with E-state index in [1.54, 1.807) is 10.7 Å². The highest BCUT2D eigenvalue weighted by Crippen LogP contribution is 2.36. The molecule has 0 spiro atoms. The first-order valence-corrected chi connectivity index (χ1v) is 8.04. The van der Waals surface area contributed by atoms with Gasteiger partial charge in [0, 0.05) is 11.8 Å². The number of methoxy groups -OCH3 is 1. The Labute approximate surface area is 142 Å². The quantitative estimate of drug-likeness (QED) is 0.633. The first-order valence-electron chi connectivity index (χ1n) is 8.04. The SMILES string of the molecule is COC(=O)Cc1cnn2ccc(B3OC(C)(C)C(C)(C)O3)c(C)c12. The number of pyridine rings is 1. The van der Waals surface area contributed by atoms with Crippen molar-refractivity contribution in [3.63, 3.8) is 0 Å². The highest BCUT2D eigenvalue weighted by molar-refractivity contribution is 6.62. The Bertz CT molecular complexity index is 781. The van der Waals surface area contributed by atoms with Crippen LogP contribution in [0.15, 0.2) is 18.5 Å². The molecule has 0 aromatic carbocycles. The summed E-state index contributed by atoms with van der Waals surface area (Å²) < 4.78 is 18.8. The highest BCUT2D eigenvalue weighted by Gasteiger charge is 2.52. The predicted molar refractivity (Wildman–Crippen MR) is 91.4 cm³/mol. The van der Waals surface area contributed by atoms with Crippen LogP contribution in [-0.2, 0) is 25.3 Å². The van der Waals surface area contributed by atoms with Crippen LogP contribution in [0.1, 0.15) is 38.8 Å². The smallest absolute Gasteiger partial charge is 0.469 e. The summed E-state index contributed by atoms with van der Waals surface area (Å²) in [6.45, 7) is 10.1. The van der Waals surface area contributed by atoms with E-state index in [4.69, 9.17) is 14.0 Å². The number of nitrogens with zero attached hydrogens (tertiary/aromatic N) is 2. The molecule has 0 radical (unpaired) electrons. The lowest BCUT2D eigenvalue weighted by Gasteiger charge is -2.32. The Kier molecular flexibility index (Phi) is 3.96. The molecule has 24 heavy (non-hydrogen) atoms. The summed E-state index contributed by atoms with van der Waals surface area (Å²) in [5.74, 6) is -0.287. The van der Waals surface area contributed by atoms with Crippen LogP contribution in [0.4, 0.5) is 0 Å². The number of carbonyl (C=O) groups is 1. The molecule has 2 aromatic heterocycles. The maximum atomic E-state index is 11.6. The van der Waals surface area contributed by atoms with Crippen molar-refractivity contribution in [2.75, 3.05) is 7.11 Å². The van der Waals surface area contributed by atoms with Gasteiger partial charge in [0.2, 0.25) is 0 Å². The fourth-order valence-corrected chi connectivity index (χ4v) is 2.92. The van der Waals surface area contributed by atoms with E-state index in [0.29, 0.717) is 0 Å². The van der Waals surface area contributed by atoms with E-state index in [2.05, 4.69) is 5.10 Å². The third kappa shape index (κ3) is 2.61. The summed E-state index contributed by atoms with van der Waals surface area (Å²) >= 11 is 0. The van der Waals surface area contributed by atoms with E-state index in [9.17, 15) is 4.79 Å². The molecule has 1 aliphatic rings. The number of fused-ring (bicyclic) bond motifs is 1. The molecule has 0 unspecified atom stereocenters. The number of aryl methyl sites for hydroxylation is 1. The van der Waals surface area contributed by atoms with E-state index < -0.39 is 18.3 Å². The largest absolute Gasteiger partial charge is 0.495 e. The zero-order chi connectivity index (χ0) is 17.7. The van der Waals surface area contributed by atoms with E-state index in [1.165, 1.54) is 7.11 Å². The van der Waals surface area contributed by atoms with E-state index in [0.717, 1.165) is 22.1 Å². The lowest BCUT2D eigenvalue weighted by molar-refractivity contribution is -0.139. The molecule has 1 fully saturated rings. The molecule has 2 aromatic rings. The van der Waals surface area contributed by atoms with Gasteiger partial charge in [0.15, 0.2) is 0 Å². The molecule has 1 saturated heterocycles. The van der Waals surface area contributed by atoms with Gasteiger partial charge in [-0.25, -0.2) is 4.52 Å². The molecule has 0 bridgehead atoms. The predicted octanol–water partition coefficient (Wildman–Crippen LogP) is 1.66. The van der Waals surface area contributed by atoms with E-state index >= 15 is 0 Å². The van der Waals surface area contributed by atoms with Crippen molar-refractivity contribution >= 4 is 24.1 Å². The monoisotopic (exact) mass is 330 g/mol. The highest BCUT2D eigenvalue weighted by atomic mass is 16.7. The van der Waals surface area contributed by atoms with Crippen LogP contribution in [0.5, 0.6) is 0 Å². The Morgan fingerprint density at radius 1 is 1.29 bits per heavy atom. The molecule has 0 atom stereocenters. The van der Waals surface area contributed by atoms with Gasteiger partial charge in [-0.3, -0.25) is 4.79 Å². The maximum absolute atomic E-state index is 11.6. The molecule has 128 valence electrons. The number of esters is 1. The van der Waals surface area contributed by atoms with Crippen LogP contribution in [0.25, 0.3) is 5.52 Å². The molecule has 1 aliphatic heterocycles. The zero-order valence-electron chi connectivity index (χ0n) is 15.0. The van der Waals surface area contributed by atoms with Crippen LogP contribution in [0.3, 0.4) is 0 Å². The molecule has 0 saturated carbocycles. The Morgan fingerprint density at radius 3 is 2.50 bits per heavy atom. The fourth-order valence-electron chi connectivity index (χ4n) is 2.92. The van der Waals surface area contributed by atoms with Crippen LogP contribution < -0.4 is 5.46 Å². The van der Waals surface area contributed by atoms with E-state index in [1.807, 2.05) is 46.9 Å². The minimum atomic E-state index is -0.444. The van der Waals surface area contributed by atoms with Crippen molar-refractivity contribution < 1.29 is 18.8 Å². The molecule has 0 amide bonds. The summed E-state index contributed by atoms with van der Waals surface area (Å²) in [5.41, 5.74) is 2.88. The van der Waals surface area contributed by atoms with E-state index in [-0.39, 0.29) is 12.4 Å². The van der Waals surface area contributed by atoms with Crippen LogP contribution >= 0.6 is 0 Å².